The number of carbonyl (C=O) groups excluding carboxylic acids is 1. The van der Waals surface area contributed by atoms with E-state index < -0.39 is 5.92 Å². The molecule has 1 N–H and O–H groups in total. The predicted octanol–water partition coefficient (Wildman–Crippen LogP) is 7.61. The van der Waals surface area contributed by atoms with Crippen LogP contribution in [0, 0.1) is 17.2 Å². The molecule has 2 aromatic carbocycles. The van der Waals surface area contributed by atoms with Crippen LogP contribution in [0.2, 0.25) is 5.02 Å². The van der Waals surface area contributed by atoms with Crippen LogP contribution in [0.1, 0.15) is 63.5 Å². The van der Waals surface area contributed by atoms with Crippen molar-refractivity contribution in [2.75, 3.05) is 13.7 Å². The lowest BCUT2D eigenvalue weighted by molar-refractivity contribution is -0.117. The third kappa shape index (κ3) is 5.57. The topological polar surface area (TPSA) is 80.6 Å². The molecule has 38 heavy (non-hydrogen) atoms. The molecule has 200 valence electrons. The Morgan fingerprint density at radius 2 is 1.97 bits per heavy atom. The Labute approximate surface area is 237 Å². The van der Waals surface area contributed by atoms with Gasteiger partial charge in [0.05, 0.1) is 40.8 Å². The number of nitrogens with zero attached hydrogens (tertiary/aromatic N) is 1. The zero-order valence-electron chi connectivity index (χ0n) is 22.1. The maximum atomic E-state index is 13.5. The number of methoxy groups -OCH3 is 1. The van der Waals surface area contributed by atoms with Crippen LogP contribution in [-0.2, 0) is 11.4 Å². The lowest BCUT2D eigenvalue weighted by Crippen LogP contribution is -2.34. The molecule has 0 aromatic heterocycles. The van der Waals surface area contributed by atoms with Gasteiger partial charge in [0, 0.05) is 29.0 Å². The van der Waals surface area contributed by atoms with Crippen molar-refractivity contribution in [3.8, 4) is 23.3 Å². The minimum atomic E-state index is -0.469. The SMILES string of the molecule is CCCC1CC(=O)C2=C(C1)NC(C)=C(C#N)C2c1cc(Br)c(OCc2cccc(OC)c2Cl)c(OCC)c1. The monoisotopic (exact) mass is 598 g/mol. The Morgan fingerprint density at radius 1 is 1.18 bits per heavy atom. The average Bonchev–Trinajstić information content (AvgIpc) is 2.88. The maximum absolute atomic E-state index is 13.5. The number of carbonyl (C=O) groups is 1. The molecule has 0 saturated heterocycles. The van der Waals surface area contributed by atoms with Crippen LogP contribution in [0.15, 0.2) is 57.3 Å². The van der Waals surface area contributed by atoms with Gasteiger partial charge in [0.15, 0.2) is 17.3 Å². The van der Waals surface area contributed by atoms with Crippen molar-refractivity contribution >= 4 is 33.3 Å². The lowest BCUT2D eigenvalue weighted by atomic mass is 9.72. The normalized spacial score (nSPS) is 19.0. The van der Waals surface area contributed by atoms with E-state index in [9.17, 15) is 10.1 Å². The highest BCUT2D eigenvalue weighted by Gasteiger charge is 2.39. The molecule has 1 heterocycles. The maximum Gasteiger partial charge on any atom is 0.175 e. The van der Waals surface area contributed by atoms with Gasteiger partial charge in [0.1, 0.15) is 12.4 Å². The number of Topliss-reactive ketones (excluding diaryl/α,β-unsaturated/α-hetero) is 1. The van der Waals surface area contributed by atoms with Gasteiger partial charge in [-0.3, -0.25) is 4.79 Å². The van der Waals surface area contributed by atoms with Crippen molar-refractivity contribution in [1.29, 1.82) is 5.26 Å². The summed E-state index contributed by atoms with van der Waals surface area (Å²) in [6, 6.07) is 11.7. The highest BCUT2D eigenvalue weighted by Crippen LogP contribution is 2.47. The summed E-state index contributed by atoms with van der Waals surface area (Å²) < 4.78 is 18.2. The number of halogens is 2. The highest BCUT2D eigenvalue weighted by atomic mass is 79.9. The molecular formula is C30H32BrClN2O4. The molecule has 1 aliphatic carbocycles. The van der Waals surface area contributed by atoms with Crippen molar-refractivity contribution in [2.45, 2.75) is 59.0 Å². The Hall–Kier alpha value is -2.95. The number of benzene rings is 2. The first-order valence-corrected chi connectivity index (χ1v) is 14.0. The van der Waals surface area contributed by atoms with Gasteiger partial charge in [-0.15, -0.1) is 0 Å². The first-order valence-electron chi connectivity index (χ1n) is 12.9. The average molecular weight is 600 g/mol. The summed E-state index contributed by atoms with van der Waals surface area (Å²) in [4.78, 5) is 13.5. The van der Waals surface area contributed by atoms with Gasteiger partial charge < -0.3 is 19.5 Å². The summed E-state index contributed by atoms with van der Waals surface area (Å²) in [6.07, 6.45) is 3.36. The van der Waals surface area contributed by atoms with Gasteiger partial charge in [0.2, 0.25) is 0 Å². The third-order valence-corrected chi connectivity index (χ3v) is 8.05. The smallest absolute Gasteiger partial charge is 0.175 e. The molecule has 0 radical (unpaired) electrons. The van der Waals surface area contributed by atoms with E-state index in [0.29, 0.717) is 56.8 Å². The van der Waals surface area contributed by atoms with Gasteiger partial charge >= 0.3 is 0 Å². The van der Waals surface area contributed by atoms with Crippen LogP contribution in [0.25, 0.3) is 0 Å². The molecule has 6 nitrogen and oxygen atoms in total. The summed E-state index contributed by atoms with van der Waals surface area (Å²) in [6.45, 7) is 6.57. The van der Waals surface area contributed by atoms with Gasteiger partial charge in [-0.05, 0) is 72.3 Å². The van der Waals surface area contributed by atoms with Crippen molar-refractivity contribution < 1.29 is 19.0 Å². The van der Waals surface area contributed by atoms with E-state index in [4.69, 9.17) is 25.8 Å². The van der Waals surface area contributed by atoms with Crippen molar-refractivity contribution in [3.63, 3.8) is 0 Å². The Bertz CT molecular complexity index is 1340. The van der Waals surface area contributed by atoms with Crippen LogP contribution in [0.4, 0.5) is 0 Å². The second-order valence-electron chi connectivity index (χ2n) is 9.57. The zero-order chi connectivity index (χ0) is 27.4. The molecule has 0 spiro atoms. The van der Waals surface area contributed by atoms with E-state index in [-0.39, 0.29) is 12.4 Å². The van der Waals surface area contributed by atoms with Gasteiger partial charge in [0.25, 0.3) is 0 Å². The molecule has 2 aliphatic rings. The molecule has 4 rings (SSSR count). The van der Waals surface area contributed by atoms with E-state index in [1.165, 1.54) is 0 Å². The van der Waals surface area contributed by atoms with Gasteiger partial charge in [-0.2, -0.15) is 5.26 Å². The Balaban J connectivity index is 1.74. The quantitative estimate of drug-likeness (QED) is 0.320. The number of nitriles is 1. The first-order chi connectivity index (χ1) is 18.3. The molecule has 0 saturated carbocycles. The fourth-order valence-electron chi connectivity index (χ4n) is 5.35. The van der Waals surface area contributed by atoms with E-state index in [1.807, 2.05) is 38.1 Å². The van der Waals surface area contributed by atoms with Crippen molar-refractivity contribution in [2.24, 2.45) is 5.92 Å². The van der Waals surface area contributed by atoms with Crippen LogP contribution >= 0.6 is 27.5 Å². The molecule has 1 aliphatic heterocycles. The summed E-state index contributed by atoms with van der Waals surface area (Å²) in [5, 5.41) is 14.0. The van der Waals surface area contributed by atoms with Crippen LogP contribution < -0.4 is 19.5 Å². The molecule has 0 fully saturated rings. The number of nitrogens with one attached hydrogen (secondary N) is 1. The third-order valence-electron chi connectivity index (χ3n) is 7.03. The second kappa shape index (κ2) is 12.3. The molecule has 2 atom stereocenters. The second-order valence-corrected chi connectivity index (χ2v) is 10.8. The van der Waals surface area contributed by atoms with Gasteiger partial charge in [-0.1, -0.05) is 37.1 Å². The van der Waals surface area contributed by atoms with E-state index in [2.05, 4.69) is 34.2 Å². The number of rotatable bonds is 9. The lowest BCUT2D eigenvalue weighted by Gasteiger charge is -2.35. The largest absolute Gasteiger partial charge is 0.495 e. The van der Waals surface area contributed by atoms with E-state index >= 15 is 0 Å². The predicted molar refractivity (Wildman–Crippen MR) is 152 cm³/mol. The van der Waals surface area contributed by atoms with E-state index in [1.54, 1.807) is 13.2 Å². The Kier molecular flexibility index (Phi) is 9.07. The summed E-state index contributed by atoms with van der Waals surface area (Å²) in [7, 11) is 1.57. The number of ketones is 1. The molecule has 2 aromatic rings. The summed E-state index contributed by atoms with van der Waals surface area (Å²) in [5.41, 5.74) is 4.52. The molecule has 2 unspecified atom stereocenters. The van der Waals surface area contributed by atoms with Crippen LogP contribution in [0.3, 0.4) is 0 Å². The Morgan fingerprint density at radius 3 is 2.66 bits per heavy atom. The number of allylic oxidation sites excluding steroid dienone is 4. The number of dihydropyridines is 1. The molecular weight excluding hydrogens is 568 g/mol. The minimum absolute atomic E-state index is 0.101. The zero-order valence-corrected chi connectivity index (χ0v) is 24.5. The van der Waals surface area contributed by atoms with Crippen LogP contribution in [0.5, 0.6) is 17.2 Å². The summed E-state index contributed by atoms with van der Waals surface area (Å²) >= 11 is 10.1. The molecule has 0 amide bonds. The number of hydrogen-bond acceptors (Lipinski definition) is 6. The number of hydrogen-bond donors (Lipinski definition) is 1. The van der Waals surface area contributed by atoms with E-state index in [0.717, 1.165) is 41.8 Å². The minimum Gasteiger partial charge on any atom is -0.495 e. The highest BCUT2D eigenvalue weighted by molar-refractivity contribution is 9.10. The van der Waals surface area contributed by atoms with Crippen molar-refractivity contribution in [1.82, 2.24) is 5.32 Å². The molecule has 0 bridgehead atoms. The fraction of sp³-hybridized carbons (Fsp3) is 0.400. The first kappa shape index (κ1) is 28.1. The summed E-state index contributed by atoms with van der Waals surface area (Å²) in [5.74, 6) is 1.58. The van der Waals surface area contributed by atoms with Crippen molar-refractivity contribution in [3.05, 3.63) is 73.5 Å². The number of ether oxygens (including phenoxy) is 3. The van der Waals surface area contributed by atoms with Gasteiger partial charge in [-0.25, -0.2) is 0 Å². The standard InChI is InChI=1S/C30H32BrClN2O4/c1-5-8-18-11-23-28(24(35)12-18)27(21(15-33)17(3)34-23)20-13-22(31)30(26(14-20)37-6-2)38-16-19-9-7-10-25(36-4)29(19)32/h7,9-10,13-14,18,27,34H,5-6,8,11-12,16H2,1-4H3. The van der Waals surface area contributed by atoms with Crippen LogP contribution in [-0.4, -0.2) is 19.5 Å². The molecule has 8 heteroatoms. The fourth-order valence-corrected chi connectivity index (χ4v) is 6.18.